The first kappa shape index (κ1) is 19.4. The van der Waals surface area contributed by atoms with Crippen molar-refractivity contribution in [2.24, 2.45) is 5.41 Å². The standard InChI is InChI=1S/C17H16F8O/c1-9-3-4-10(12(19)11(9)18)15(20,21)26-14-7-5-13(2,6-8-14)16(22,23)17(14,24)25/h3-4H,5-8H2,1-2H3. The van der Waals surface area contributed by atoms with Crippen LogP contribution in [0.15, 0.2) is 12.1 Å². The van der Waals surface area contributed by atoms with Crippen LogP contribution in [-0.4, -0.2) is 17.4 Å². The molecule has 146 valence electrons. The van der Waals surface area contributed by atoms with E-state index in [1.807, 2.05) is 0 Å². The van der Waals surface area contributed by atoms with Gasteiger partial charge in [0.1, 0.15) is 5.60 Å². The van der Waals surface area contributed by atoms with Crippen molar-refractivity contribution in [1.29, 1.82) is 0 Å². The lowest BCUT2D eigenvalue weighted by Crippen LogP contribution is -2.73. The predicted octanol–water partition coefficient (Wildman–Crippen LogP) is 5.94. The Morgan fingerprint density at radius 3 is 1.96 bits per heavy atom. The van der Waals surface area contributed by atoms with Crippen LogP contribution in [0.2, 0.25) is 0 Å². The lowest BCUT2D eigenvalue weighted by Gasteiger charge is -2.59. The number of fused-ring (bicyclic) bond motifs is 3. The Hall–Kier alpha value is -1.38. The number of hydrogen-bond acceptors (Lipinski definition) is 1. The summed E-state index contributed by atoms with van der Waals surface area (Å²) < 4.78 is 118. The SMILES string of the molecule is Cc1ccc(C(F)(F)OC23CCC(C)(CC2)C(F)(F)C3(F)F)c(F)c1F. The second kappa shape index (κ2) is 5.33. The van der Waals surface area contributed by atoms with Gasteiger partial charge in [0.2, 0.25) is 0 Å². The summed E-state index contributed by atoms with van der Waals surface area (Å²) in [5.41, 5.74) is -7.07. The monoisotopic (exact) mass is 388 g/mol. The lowest BCUT2D eigenvalue weighted by atomic mass is 9.55. The van der Waals surface area contributed by atoms with Crippen LogP contribution in [0.25, 0.3) is 0 Å². The van der Waals surface area contributed by atoms with E-state index in [0.717, 1.165) is 19.9 Å². The van der Waals surface area contributed by atoms with Crippen LogP contribution in [-0.2, 0) is 10.8 Å². The van der Waals surface area contributed by atoms with E-state index < -0.39 is 71.9 Å². The van der Waals surface area contributed by atoms with Crippen molar-refractivity contribution < 1.29 is 39.9 Å². The molecule has 0 aliphatic heterocycles. The van der Waals surface area contributed by atoms with E-state index in [2.05, 4.69) is 4.74 Å². The minimum atomic E-state index is -4.88. The molecule has 1 aromatic rings. The maximum atomic E-state index is 14.5. The van der Waals surface area contributed by atoms with Gasteiger partial charge in [-0.15, -0.1) is 0 Å². The summed E-state index contributed by atoms with van der Waals surface area (Å²) >= 11 is 0. The molecule has 4 rings (SSSR count). The highest BCUT2D eigenvalue weighted by molar-refractivity contribution is 5.28. The van der Waals surface area contributed by atoms with Gasteiger partial charge in [-0.25, -0.2) is 8.78 Å². The average Bonchev–Trinajstić information content (AvgIpc) is 2.53. The van der Waals surface area contributed by atoms with Crippen LogP contribution in [0.1, 0.15) is 43.7 Å². The molecule has 3 aliphatic carbocycles. The molecular weight excluding hydrogens is 372 g/mol. The van der Waals surface area contributed by atoms with Crippen LogP contribution in [0.5, 0.6) is 0 Å². The number of ether oxygens (including phenoxy) is 1. The van der Waals surface area contributed by atoms with Gasteiger partial charge in [-0.05, 0) is 44.2 Å². The molecule has 0 aromatic heterocycles. The number of alkyl halides is 6. The molecule has 1 aromatic carbocycles. The van der Waals surface area contributed by atoms with Crippen molar-refractivity contribution in [2.75, 3.05) is 0 Å². The molecule has 0 heterocycles. The number of hydrogen-bond donors (Lipinski definition) is 0. The first-order valence-corrected chi connectivity index (χ1v) is 8.00. The maximum Gasteiger partial charge on any atom is 0.387 e. The van der Waals surface area contributed by atoms with Crippen molar-refractivity contribution in [3.63, 3.8) is 0 Å². The highest BCUT2D eigenvalue weighted by Gasteiger charge is 2.82. The third kappa shape index (κ3) is 2.25. The molecule has 1 nitrogen and oxygen atoms in total. The van der Waals surface area contributed by atoms with E-state index >= 15 is 0 Å². The van der Waals surface area contributed by atoms with Gasteiger partial charge >= 0.3 is 18.0 Å². The van der Waals surface area contributed by atoms with Gasteiger partial charge in [0, 0.05) is 5.41 Å². The smallest absolute Gasteiger partial charge is 0.303 e. The zero-order valence-corrected chi connectivity index (χ0v) is 13.9. The molecule has 0 radical (unpaired) electrons. The van der Waals surface area contributed by atoms with Crippen LogP contribution >= 0.6 is 0 Å². The average molecular weight is 388 g/mol. The fourth-order valence-corrected chi connectivity index (χ4v) is 3.84. The third-order valence-corrected chi connectivity index (χ3v) is 5.80. The Labute approximate surface area is 144 Å². The molecule has 0 spiro atoms. The molecule has 0 N–H and O–H groups in total. The van der Waals surface area contributed by atoms with Gasteiger partial charge in [-0.1, -0.05) is 13.0 Å². The Bertz CT molecular complexity index is 735. The van der Waals surface area contributed by atoms with E-state index in [0.29, 0.717) is 6.07 Å². The van der Waals surface area contributed by atoms with E-state index in [9.17, 15) is 35.1 Å². The van der Waals surface area contributed by atoms with Gasteiger partial charge in [0.15, 0.2) is 11.6 Å². The fourth-order valence-electron chi connectivity index (χ4n) is 3.84. The number of halogens is 8. The quantitative estimate of drug-likeness (QED) is 0.582. The Morgan fingerprint density at radius 1 is 0.885 bits per heavy atom. The summed E-state index contributed by atoms with van der Waals surface area (Å²) in [4.78, 5) is 0. The van der Waals surface area contributed by atoms with E-state index in [4.69, 9.17) is 0 Å². The minimum Gasteiger partial charge on any atom is -0.303 e. The molecule has 0 atom stereocenters. The number of aryl methyl sites for hydroxylation is 1. The number of benzene rings is 1. The molecule has 0 unspecified atom stereocenters. The Morgan fingerprint density at radius 2 is 1.42 bits per heavy atom. The lowest BCUT2D eigenvalue weighted by molar-refractivity contribution is -0.434. The highest BCUT2D eigenvalue weighted by atomic mass is 19.3. The topological polar surface area (TPSA) is 9.23 Å². The van der Waals surface area contributed by atoms with Crippen LogP contribution in [0.3, 0.4) is 0 Å². The first-order chi connectivity index (χ1) is 11.7. The first-order valence-electron chi connectivity index (χ1n) is 8.00. The molecular formula is C17H16F8O. The zero-order chi connectivity index (χ0) is 19.8. The summed E-state index contributed by atoms with van der Waals surface area (Å²) in [7, 11) is 0. The molecule has 0 amide bonds. The molecule has 3 aliphatic rings. The predicted molar refractivity (Wildman–Crippen MR) is 75.3 cm³/mol. The largest absolute Gasteiger partial charge is 0.387 e. The molecule has 0 saturated heterocycles. The Kier molecular flexibility index (Phi) is 3.97. The second-order valence-corrected chi connectivity index (χ2v) is 7.38. The normalized spacial score (nSPS) is 32.7. The minimum absolute atomic E-state index is 0.275. The van der Waals surface area contributed by atoms with Crippen molar-refractivity contribution in [2.45, 2.75) is 63.1 Å². The summed E-state index contributed by atoms with van der Waals surface area (Å²) in [6, 6.07) is 1.32. The Balaban J connectivity index is 2.03. The van der Waals surface area contributed by atoms with E-state index in [-0.39, 0.29) is 5.56 Å². The molecule has 9 heteroatoms. The van der Waals surface area contributed by atoms with E-state index in [1.54, 1.807) is 0 Å². The van der Waals surface area contributed by atoms with Gasteiger partial charge in [0.05, 0.1) is 5.56 Å². The van der Waals surface area contributed by atoms with Crippen molar-refractivity contribution in [3.8, 4) is 0 Å². The van der Waals surface area contributed by atoms with Crippen LogP contribution in [0, 0.1) is 24.0 Å². The van der Waals surface area contributed by atoms with Crippen molar-refractivity contribution in [1.82, 2.24) is 0 Å². The van der Waals surface area contributed by atoms with Crippen LogP contribution < -0.4 is 0 Å². The zero-order valence-electron chi connectivity index (χ0n) is 13.9. The van der Waals surface area contributed by atoms with Gasteiger partial charge in [0.25, 0.3) is 0 Å². The summed E-state index contributed by atoms with van der Waals surface area (Å²) in [6.45, 7) is 2.11. The highest BCUT2D eigenvalue weighted by Crippen LogP contribution is 2.68. The maximum absolute atomic E-state index is 14.5. The molecule has 2 bridgehead atoms. The van der Waals surface area contributed by atoms with Crippen LogP contribution in [0.4, 0.5) is 35.1 Å². The van der Waals surface area contributed by atoms with E-state index in [1.165, 1.54) is 0 Å². The molecule has 26 heavy (non-hydrogen) atoms. The summed E-state index contributed by atoms with van der Waals surface area (Å²) in [6.07, 6.45) is -7.08. The molecule has 3 saturated carbocycles. The second-order valence-electron chi connectivity index (χ2n) is 7.38. The van der Waals surface area contributed by atoms with Gasteiger partial charge in [-0.3, -0.25) is 0 Å². The summed E-state index contributed by atoms with van der Waals surface area (Å²) in [5.74, 6) is -13.0. The number of rotatable bonds is 3. The van der Waals surface area contributed by atoms with Gasteiger partial charge in [-0.2, -0.15) is 26.3 Å². The van der Waals surface area contributed by atoms with Crippen molar-refractivity contribution in [3.05, 3.63) is 34.9 Å². The summed E-state index contributed by atoms with van der Waals surface area (Å²) in [5, 5.41) is 0. The van der Waals surface area contributed by atoms with Gasteiger partial charge < -0.3 is 4.74 Å². The molecule has 3 fully saturated rings. The third-order valence-electron chi connectivity index (χ3n) is 5.80. The van der Waals surface area contributed by atoms with Crippen molar-refractivity contribution >= 4 is 0 Å². The fraction of sp³-hybridized carbons (Fsp3) is 0.647.